The van der Waals surface area contributed by atoms with Gasteiger partial charge in [0.1, 0.15) is 0 Å². The molecule has 0 bridgehead atoms. The minimum atomic E-state index is -3.10. The average molecular weight is 410 g/mol. The van der Waals surface area contributed by atoms with Gasteiger partial charge >= 0.3 is 0 Å². The summed E-state index contributed by atoms with van der Waals surface area (Å²) < 4.78 is 35.0. The lowest BCUT2D eigenvalue weighted by Gasteiger charge is -2.30. The zero-order valence-electron chi connectivity index (χ0n) is 15.3. The first-order valence-electron chi connectivity index (χ1n) is 8.72. The number of rotatable bonds is 7. The number of amides is 1. The standard InChI is InChI=1S/C19H23NO5S2/c1-14(25-18-8-4-3-7-17(18)24-2)19(21)20(12-16-6-5-10-26-16)15-9-11-27(22,23)13-15/h3-8,10,14-15H,9,11-13H2,1-2H3. The number of para-hydroxylation sites is 2. The number of ether oxygens (including phenoxy) is 2. The van der Waals surface area contributed by atoms with Crippen LogP contribution in [-0.4, -0.2) is 50.0 Å². The third-order valence-corrected chi connectivity index (χ3v) is 7.17. The Kier molecular flexibility index (Phi) is 6.06. The van der Waals surface area contributed by atoms with E-state index in [-0.39, 0.29) is 23.5 Å². The van der Waals surface area contributed by atoms with E-state index in [1.165, 1.54) is 0 Å². The van der Waals surface area contributed by atoms with Crippen molar-refractivity contribution >= 4 is 27.1 Å². The molecule has 0 aliphatic carbocycles. The van der Waals surface area contributed by atoms with Crippen molar-refractivity contribution in [3.8, 4) is 11.5 Å². The summed E-state index contributed by atoms with van der Waals surface area (Å²) in [6, 6.07) is 10.7. The largest absolute Gasteiger partial charge is 0.493 e. The van der Waals surface area contributed by atoms with Gasteiger partial charge in [-0.3, -0.25) is 4.79 Å². The SMILES string of the molecule is COc1ccccc1OC(C)C(=O)N(Cc1cccs1)C1CCS(=O)(=O)C1. The van der Waals surface area contributed by atoms with Gasteiger partial charge in [-0.1, -0.05) is 18.2 Å². The molecule has 1 aliphatic heterocycles. The van der Waals surface area contributed by atoms with Crippen molar-refractivity contribution in [1.29, 1.82) is 0 Å². The molecule has 2 aromatic rings. The van der Waals surface area contributed by atoms with Crippen LogP contribution >= 0.6 is 11.3 Å². The predicted octanol–water partition coefficient (Wildman–Crippen LogP) is 2.74. The molecular formula is C19H23NO5S2. The number of nitrogens with zero attached hydrogens (tertiary/aromatic N) is 1. The number of thiophene rings is 1. The fourth-order valence-corrected chi connectivity index (χ4v) is 5.60. The van der Waals surface area contributed by atoms with Gasteiger partial charge in [-0.2, -0.15) is 0 Å². The van der Waals surface area contributed by atoms with Crippen molar-refractivity contribution in [2.75, 3.05) is 18.6 Å². The van der Waals surface area contributed by atoms with Crippen LogP contribution in [0.25, 0.3) is 0 Å². The van der Waals surface area contributed by atoms with Crippen LogP contribution in [-0.2, 0) is 21.2 Å². The Bertz CT molecular complexity index is 879. The summed E-state index contributed by atoms with van der Waals surface area (Å²) in [6.45, 7) is 2.07. The normalized spacial score (nSPS) is 19.4. The molecule has 1 fully saturated rings. The summed E-state index contributed by atoms with van der Waals surface area (Å²) in [5, 5.41) is 1.94. The van der Waals surface area contributed by atoms with E-state index in [4.69, 9.17) is 9.47 Å². The minimum Gasteiger partial charge on any atom is -0.493 e. The lowest BCUT2D eigenvalue weighted by molar-refractivity contribution is -0.140. The summed E-state index contributed by atoms with van der Waals surface area (Å²) in [4.78, 5) is 15.8. The molecule has 2 unspecified atom stereocenters. The van der Waals surface area contributed by atoms with Gasteiger partial charge in [-0.15, -0.1) is 11.3 Å². The fourth-order valence-electron chi connectivity index (χ4n) is 3.17. The molecule has 1 aliphatic rings. The molecule has 3 rings (SSSR count). The molecule has 0 radical (unpaired) electrons. The van der Waals surface area contributed by atoms with Crippen LogP contribution in [0.5, 0.6) is 11.5 Å². The summed E-state index contributed by atoms with van der Waals surface area (Å²) in [5.41, 5.74) is 0. The van der Waals surface area contributed by atoms with E-state index in [2.05, 4.69) is 0 Å². The Morgan fingerprint density at radius 3 is 2.59 bits per heavy atom. The van der Waals surface area contributed by atoms with E-state index in [1.54, 1.807) is 42.4 Å². The summed E-state index contributed by atoms with van der Waals surface area (Å²) >= 11 is 1.54. The molecule has 1 amide bonds. The highest BCUT2D eigenvalue weighted by Crippen LogP contribution is 2.28. The van der Waals surface area contributed by atoms with Crippen LogP contribution < -0.4 is 9.47 Å². The first-order chi connectivity index (χ1) is 12.9. The Morgan fingerprint density at radius 1 is 1.26 bits per heavy atom. The monoisotopic (exact) mass is 409 g/mol. The van der Waals surface area contributed by atoms with Crippen molar-refractivity contribution < 1.29 is 22.7 Å². The van der Waals surface area contributed by atoms with Gasteiger partial charge in [0.05, 0.1) is 25.2 Å². The van der Waals surface area contributed by atoms with Crippen LogP contribution in [0.1, 0.15) is 18.2 Å². The van der Waals surface area contributed by atoms with E-state index in [9.17, 15) is 13.2 Å². The molecule has 27 heavy (non-hydrogen) atoms. The van der Waals surface area contributed by atoms with Crippen LogP contribution in [0, 0.1) is 0 Å². The molecule has 0 saturated carbocycles. The first kappa shape index (κ1) is 19.7. The van der Waals surface area contributed by atoms with Gasteiger partial charge in [0, 0.05) is 10.9 Å². The van der Waals surface area contributed by atoms with Crippen LogP contribution in [0.2, 0.25) is 0 Å². The van der Waals surface area contributed by atoms with Gasteiger partial charge in [0.15, 0.2) is 27.4 Å². The average Bonchev–Trinajstić information content (AvgIpc) is 3.28. The van der Waals surface area contributed by atoms with Crippen molar-refractivity contribution in [3.05, 3.63) is 46.7 Å². The molecular weight excluding hydrogens is 386 g/mol. The number of carbonyl (C=O) groups is 1. The van der Waals surface area contributed by atoms with Gasteiger partial charge in [0.25, 0.3) is 5.91 Å². The first-order valence-corrected chi connectivity index (χ1v) is 11.4. The lowest BCUT2D eigenvalue weighted by Crippen LogP contribution is -2.46. The second-order valence-corrected chi connectivity index (χ2v) is 9.77. The van der Waals surface area contributed by atoms with Crippen molar-refractivity contribution in [2.45, 2.75) is 32.0 Å². The molecule has 1 aromatic carbocycles. The lowest BCUT2D eigenvalue weighted by atomic mass is 10.2. The Hall–Kier alpha value is -2.06. The van der Waals surface area contributed by atoms with E-state index in [0.29, 0.717) is 24.5 Å². The molecule has 1 aromatic heterocycles. The van der Waals surface area contributed by atoms with Crippen molar-refractivity contribution in [1.82, 2.24) is 4.90 Å². The Morgan fingerprint density at radius 2 is 2.00 bits per heavy atom. The Balaban J connectivity index is 1.79. The molecule has 146 valence electrons. The highest BCUT2D eigenvalue weighted by atomic mass is 32.2. The maximum atomic E-state index is 13.1. The highest BCUT2D eigenvalue weighted by molar-refractivity contribution is 7.91. The molecule has 2 heterocycles. The summed E-state index contributed by atoms with van der Waals surface area (Å²) in [7, 11) is -1.56. The third-order valence-electron chi connectivity index (χ3n) is 4.56. The van der Waals surface area contributed by atoms with Crippen molar-refractivity contribution in [2.24, 2.45) is 0 Å². The second-order valence-electron chi connectivity index (χ2n) is 6.51. The molecule has 6 nitrogen and oxygen atoms in total. The quantitative estimate of drug-likeness (QED) is 0.703. The summed E-state index contributed by atoms with van der Waals surface area (Å²) in [6.07, 6.45) is -0.301. The van der Waals surface area contributed by atoms with E-state index in [1.807, 2.05) is 29.6 Å². The van der Waals surface area contributed by atoms with Gasteiger partial charge in [0.2, 0.25) is 0 Å². The van der Waals surface area contributed by atoms with E-state index in [0.717, 1.165) is 4.88 Å². The number of carbonyl (C=O) groups excluding carboxylic acids is 1. The zero-order valence-corrected chi connectivity index (χ0v) is 17.0. The van der Waals surface area contributed by atoms with Crippen LogP contribution in [0.15, 0.2) is 41.8 Å². The summed E-state index contributed by atoms with van der Waals surface area (Å²) in [5.74, 6) is 0.928. The number of hydrogen-bond donors (Lipinski definition) is 0. The number of methoxy groups -OCH3 is 1. The fraction of sp³-hybridized carbons (Fsp3) is 0.421. The zero-order chi connectivity index (χ0) is 19.4. The molecule has 0 spiro atoms. The Labute approximate surface area is 163 Å². The van der Waals surface area contributed by atoms with Gasteiger partial charge in [-0.05, 0) is 36.9 Å². The topological polar surface area (TPSA) is 72.9 Å². The maximum absolute atomic E-state index is 13.1. The maximum Gasteiger partial charge on any atom is 0.263 e. The second kappa shape index (κ2) is 8.31. The third kappa shape index (κ3) is 4.81. The van der Waals surface area contributed by atoms with Gasteiger partial charge < -0.3 is 14.4 Å². The minimum absolute atomic E-state index is 0.00545. The van der Waals surface area contributed by atoms with E-state index < -0.39 is 15.9 Å². The van der Waals surface area contributed by atoms with Crippen LogP contribution in [0.3, 0.4) is 0 Å². The molecule has 0 N–H and O–H groups in total. The predicted molar refractivity (Wildman–Crippen MR) is 105 cm³/mol. The van der Waals surface area contributed by atoms with Crippen molar-refractivity contribution in [3.63, 3.8) is 0 Å². The molecule has 2 atom stereocenters. The molecule has 8 heteroatoms. The number of hydrogen-bond acceptors (Lipinski definition) is 6. The van der Waals surface area contributed by atoms with Crippen LogP contribution in [0.4, 0.5) is 0 Å². The number of benzene rings is 1. The smallest absolute Gasteiger partial charge is 0.263 e. The number of sulfone groups is 1. The van der Waals surface area contributed by atoms with E-state index >= 15 is 0 Å². The highest BCUT2D eigenvalue weighted by Gasteiger charge is 2.37. The van der Waals surface area contributed by atoms with Gasteiger partial charge in [-0.25, -0.2) is 8.42 Å². The molecule has 1 saturated heterocycles.